The molecule has 2 heterocycles. The van der Waals surface area contributed by atoms with E-state index in [9.17, 15) is 4.79 Å². The highest BCUT2D eigenvalue weighted by Crippen LogP contribution is 2.20. The lowest BCUT2D eigenvalue weighted by Gasteiger charge is -2.05. The van der Waals surface area contributed by atoms with Gasteiger partial charge in [0, 0.05) is 19.4 Å². The summed E-state index contributed by atoms with van der Waals surface area (Å²) in [7, 11) is 0. The predicted molar refractivity (Wildman–Crippen MR) is 104 cm³/mol. The standard InChI is InChI=1S/C18H18N2OS.C2H6/c1-3-13-7-8-14-15(12-13)20(4-2)18(19-14)10-9-16(21)17-6-5-11-22-17;1-2/h3,5-8,11-12H,1,4,9-10H2,2H3;1-2H3. The molecule has 24 heavy (non-hydrogen) atoms. The number of rotatable bonds is 6. The van der Waals surface area contributed by atoms with Gasteiger partial charge < -0.3 is 4.57 Å². The number of Topliss-reactive ketones (excluding diaryl/α,β-unsaturated/α-hetero) is 1. The molecule has 0 N–H and O–H groups in total. The van der Waals surface area contributed by atoms with Crippen LogP contribution in [-0.2, 0) is 13.0 Å². The highest BCUT2D eigenvalue weighted by atomic mass is 32.1. The number of carbonyl (C=O) groups excluding carboxylic acids is 1. The number of benzene rings is 1. The zero-order valence-corrected chi connectivity index (χ0v) is 15.4. The van der Waals surface area contributed by atoms with Crippen LogP contribution in [-0.4, -0.2) is 15.3 Å². The van der Waals surface area contributed by atoms with Crippen LogP contribution in [0.1, 0.15) is 48.3 Å². The van der Waals surface area contributed by atoms with E-state index >= 15 is 0 Å². The van der Waals surface area contributed by atoms with Crippen molar-refractivity contribution < 1.29 is 4.79 Å². The van der Waals surface area contributed by atoms with Crippen molar-refractivity contribution in [3.8, 4) is 0 Å². The van der Waals surface area contributed by atoms with Gasteiger partial charge in [-0.05, 0) is 36.1 Å². The maximum absolute atomic E-state index is 12.2. The topological polar surface area (TPSA) is 34.9 Å². The second-order valence-corrected chi connectivity index (χ2v) is 6.07. The Balaban J connectivity index is 0.00000100. The summed E-state index contributed by atoms with van der Waals surface area (Å²) in [4.78, 5) is 17.7. The van der Waals surface area contributed by atoms with E-state index in [0.29, 0.717) is 12.8 Å². The Morgan fingerprint density at radius 2 is 2.12 bits per heavy atom. The molecule has 0 saturated heterocycles. The molecule has 2 aromatic heterocycles. The summed E-state index contributed by atoms with van der Waals surface area (Å²) in [6.07, 6.45) is 3.01. The van der Waals surface area contributed by atoms with E-state index in [1.54, 1.807) is 0 Å². The number of hydrogen-bond donors (Lipinski definition) is 0. The number of aryl methyl sites for hydroxylation is 2. The Hall–Kier alpha value is -2.20. The Labute approximate surface area is 147 Å². The Kier molecular flexibility index (Phi) is 6.50. The average Bonchev–Trinajstić information content (AvgIpc) is 3.28. The van der Waals surface area contributed by atoms with Crippen LogP contribution in [0.15, 0.2) is 42.3 Å². The van der Waals surface area contributed by atoms with Crippen LogP contribution in [0.25, 0.3) is 17.1 Å². The van der Waals surface area contributed by atoms with E-state index in [1.807, 2.05) is 49.6 Å². The van der Waals surface area contributed by atoms with Crippen molar-refractivity contribution >= 4 is 34.2 Å². The smallest absolute Gasteiger partial charge is 0.173 e. The summed E-state index contributed by atoms with van der Waals surface area (Å²) in [5, 5.41) is 1.94. The normalized spacial score (nSPS) is 10.3. The predicted octanol–water partition coefficient (Wildman–Crippen LogP) is 5.60. The molecule has 0 saturated carbocycles. The summed E-state index contributed by atoms with van der Waals surface area (Å²) < 4.78 is 2.18. The van der Waals surface area contributed by atoms with Crippen molar-refractivity contribution in [2.45, 2.75) is 40.2 Å². The molecule has 1 aromatic carbocycles. The zero-order valence-electron chi connectivity index (χ0n) is 14.6. The molecule has 3 rings (SSSR count). The zero-order chi connectivity index (χ0) is 17.5. The lowest BCUT2D eigenvalue weighted by Crippen LogP contribution is -2.05. The number of ketones is 1. The maximum atomic E-state index is 12.2. The van der Waals surface area contributed by atoms with Gasteiger partial charge in [0.1, 0.15) is 5.82 Å². The number of carbonyl (C=O) groups is 1. The summed E-state index contributed by atoms with van der Waals surface area (Å²) in [6.45, 7) is 10.8. The molecule has 0 aliphatic carbocycles. The van der Waals surface area contributed by atoms with Gasteiger partial charge in [-0.25, -0.2) is 4.98 Å². The maximum Gasteiger partial charge on any atom is 0.173 e. The minimum Gasteiger partial charge on any atom is -0.328 e. The van der Waals surface area contributed by atoms with E-state index in [4.69, 9.17) is 4.98 Å². The van der Waals surface area contributed by atoms with E-state index in [2.05, 4.69) is 24.1 Å². The molecule has 0 unspecified atom stereocenters. The van der Waals surface area contributed by atoms with Gasteiger partial charge in [-0.1, -0.05) is 38.6 Å². The first-order valence-electron chi connectivity index (χ1n) is 8.41. The van der Waals surface area contributed by atoms with E-state index in [-0.39, 0.29) is 5.78 Å². The lowest BCUT2D eigenvalue weighted by molar-refractivity contribution is 0.0986. The van der Waals surface area contributed by atoms with Crippen LogP contribution < -0.4 is 0 Å². The molecular formula is C20H24N2OS. The van der Waals surface area contributed by atoms with E-state index < -0.39 is 0 Å². The second kappa shape index (κ2) is 8.60. The van der Waals surface area contributed by atoms with Crippen molar-refractivity contribution in [3.05, 3.63) is 58.6 Å². The Morgan fingerprint density at radius 3 is 2.75 bits per heavy atom. The third kappa shape index (κ3) is 3.82. The van der Waals surface area contributed by atoms with Crippen LogP contribution >= 0.6 is 11.3 Å². The molecule has 126 valence electrons. The van der Waals surface area contributed by atoms with Crippen molar-refractivity contribution in [3.63, 3.8) is 0 Å². The third-order valence-corrected chi connectivity index (χ3v) is 4.69. The SMILES string of the molecule is C=Cc1ccc2nc(CCC(=O)c3cccs3)n(CC)c2c1.CC. The van der Waals surface area contributed by atoms with Gasteiger partial charge >= 0.3 is 0 Å². The highest BCUT2D eigenvalue weighted by molar-refractivity contribution is 7.12. The fourth-order valence-electron chi connectivity index (χ4n) is 2.65. The fourth-order valence-corrected chi connectivity index (χ4v) is 3.34. The molecular weight excluding hydrogens is 316 g/mol. The van der Waals surface area contributed by atoms with Gasteiger partial charge in [0.05, 0.1) is 15.9 Å². The number of fused-ring (bicyclic) bond motifs is 1. The van der Waals surface area contributed by atoms with Gasteiger partial charge in [-0.3, -0.25) is 4.79 Å². The van der Waals surface area contributed by atoms with Crippen molar-refractivity contribution in [2.24, 2.45) is 0 Å². The Morgan fingerprint density at radius 1 is 1.33 bits per heavy atom. The Bertz CT molecular complexity index is 816. The van der Waals surface area contributed by atoms with Crippen LogP contribution in [0, 0.1) is 0 Å². The molecule has 0 radical (unpaired) electrons. The van der Waals surface area contributed by atoms with Crippen LogP contribution in [0.3, 0.4) is 0 Å². The van der Waals surface area contributed by atoms with Crippen LogP contribution in [0.4, 0.5) is 0 Å². The minimum atomic E-state index is 0.191. The molecule has 0 bridgehead atoms. The molecule has 0 fully saturated rings. The first-order valence-corrected chi connectivity index (χ1v) is 9.29. The van der Waals surface area contributed by atoms with Gasteiger partial charge in [-0.2, -0.15) is 0 Å². The minimum absolute atomic E-state index is 0.191. The molecule has 0 spiro atoms. The van der Waals surface area contributed by atoms with Crippen molar-refractivity contribution in [1.29, 1.82) is 0 Å². The monoisotopic (exact) mass is 340 g/mol. The molecule has 0 amide bonds. The molecule has 0 aliphatic heterocycles. The number of nitrogens with zero attached hydrogens (tertiary/aromatic N) is 2. The van der Waals surface area contributed by atoms with Crippen molar-refractivity contribution in [1.82, 2.24) is 9.55 Å². The highest BCUT2D eigenvalue weighted by Gasteiger charge is 2.13. The largest absolute Gasteiger partial charge is 0.328 e. The summed E-state index contributed by atoms with van der Waals surface area (Å²) in [6, 6.07) is 9.93. The van der Waals surface area contributed by atoms with Gasteiger partial charge in [0.2, 0.25) is 0 Å². The third-order valence-electron chi connectivity index (χ3n) is 3.77. The fraction of sp³-hybridized carbons (Fsp3) is 0.300. The van der Waals surface area contributed by atoms with Crippen LogP contribution in [0.2, 0.25) is 0 Å². The number of aromatic nitrogens is 2. The lowest BCUT2D eigenvalue weighted by atomic mass is 10.2. The number of imidazole rings is 1. The van der Waals surface area contributed by atoms with Gasteiger partial charge in [0.15, 0.2) is 5.78 Å². The van der Waals surface area contributed by atoms with Gasteiger partial charge in [-0.15, -0.1) is 11.3 Å². The molecule has 0 atom stereocenters. The quantitative estimate of drug-likeness (QED) is 0.547. The van der Waals surface area contributed by atoms with Gasteiger partial charge in [0.25, 0.3) is 0 Å². The summed E-state index contributed by atoms with van der Waals surface area (Å²) in [5.74, 6) is 1.17. The molecule has 0 aliphatic rings. The molecule has 3 nitrogen and oxygen atoms in total. The van der Waals surface area contributed by atoms with Crippen molar-refractivity contribution in [2.75, 3.05) is 0 Å². The summed E-state index contributed by atoms with van der Waals surface area (Å²) in [5.41, 5.74) is 3.17. The summed E-state index contributed by atoms with van der Waals surface area (Å²) >= 11 is 1.50. The molecule has 4 heteroatoms. The van der Waals surface area contributed by atoms with Crippen LogP contribution in [0.5, 0.6) is 0 Å². The first kappa shape index (κ1) is 18.1. The molecule has 3 aromatic rings. The average molecular weight is 340 g/mol. The first-order chi connectivity index (χ1) is 11.7. The number of thiophene rings is 1. The second-order valence-electron chi connectivity index (χ2n) is 5.13. The number of hydrogen-bond acceptors (Lipinski definition) is 3. The van der Waals surface area contributed by atoms with E-state index in [1.165, 1.54) is 11.3 Å². The van der Waals surface area contributed by atoms with E-state index in [0.717, 1.165) is 33.8 Å².